The number of likely N-dealkylation sites (N-methyl/N-ethyl adjacent to an activating group) is 1. The van der Waals surface area contributed by atoms with E-state index in [4.69, 9.17) is 0 Å². The highest BCUT2D eigenvalue weighted by molar-refractivity contribution is 6.02. The summed E-state index contributed by atoms with van der Waals surface area (Å²) in [6.07, 6.45) is 0. The first-order valence-corrected chi connectivity index (χ1v) is 10.1. The first-order valence-electron chi connectivity index (χ1n) is 10.1. The molecule has 0 atom stereocenters. The van der Waals surface area contributed by atoms with Gasteiger partial charge >= 0.3 is 0 Å². The average molecular weight is 383 g/mol. The number of hydrogen-bond acceptors (Lipinski definition) is 6. The number of anilines is 3. The predicted octanol–water partition coefficient (Wildman–Crippen LogP) is 2.72. The Morgan fingerprint density at radius 1 is 0.964 bits per heavy atom. The normalized spacial score (nSPS) is 14.8. The molecule has 0 saturated carbocycles. The Kier molecular flexibility index (Phi) is 6.81. The molecule has 1 aromatic carbocycles. The Labute approximate surface area is 167 Å². The molecule has 1 amide bonds. The van der Waals surface area contributed by atoms with Crippen molar-refractivity contribution < 1.29 is 4.79 Å². The minimum absolute atomic E-state index is 0.245. The second-order valence-electron chi connectivity index (χ2n) is 6.87. The van der Waals surface area contributed by atoms with E-state index >= 15 is 0 Å². The first-order chi connectivity index (χ1) is 13.6. The van der Waals surface area contributed by atoms with E-state index in [-0.39, 0.29) is 5.91 Å². The van der Waals surface area contributed by atoms with Crippen LogP contribution in [0.3, 0.4) is 0 Å². The molecule has 0 spiro atoms. The van der Waals surface area contributed by atoms with E-state index in [0.29, 0.717) is 5.69 Å². The monoisotopic (exact) mass is 382 g/mol. The van der Waals surface area contributed by atoms with E-state index in [0.717, 1.165) is 63.0 Å². The van der Waals surface area contributed by atoms with Gasteiger partial charge in [-0.2, -0.15) is 0 Å². The Hall–Kier alpha value is -2.67. The molecule has 28 heavy (non-hydrogen) atoms. The summed E-state index contributed by atoms with van der Waals surface area (Å²) >= 11 is 0. The van der Waals surface area contributed by atoms with Gasteiger partial charge in [-0.3, -0.25) is 4.79 Å². The maximum Gasteiger partial charge on any atom is 0.276 e. The highest BCUT2D eigenvalue weighted by Crippen LogP contribution is 2.18. The molecule has 3 rings (SSSR count). The second kappa shape index (κ2) is 9.50. The average Bonchev–Trinajstić information content (AvgIpc) is 2.76. The van der Waals surface area contributed by atoms with Crippen molar-refractivity contribution in [2.24, 2.45) is 0 Å². The van der Waals surface area contributed by atoms with Crippen molar-refractivity contribution in [1.29, 1.82) is 0 Å². The fourth-order valence-corrected chi connectivity index (χ4v) is 3.45. The van der Waals surface area contributed by atoms with Crippen LogP contribution in [0.5, 0.6) is 0 Å². The van der Waals surface area contributed by atoms with Crippen LogP contribution < -0.4 is 15.1 Å². The first kappa shape index (κ1) is 20.1. The van der Waals surface area contributed by atoms with Crippen molar-refractivity contribution in [3.05, 3.63) is 42.1 Å². The fraction of sp³-hybridized carbons (Fsp3) is 0.476. The number of rotatable bonds is 7. The largest absolute Gasteiger partial charge is 0.372 e. The molecule has 0 bridgehead atoms. The minimum Gasteiger partial charge on any atom is -0.372 e. The molecule has 2 aromatic rings. The minimum atomic E-state index is -0.245. The quantitative estimate of drug-likeness (QED) is 0.794. The number of nitrogens with one attached hydrogen (secondary N) is 1. The molecule has 7 heteroatoms. The van der Waals surface area contributed by atoms with Crippen LogP contribution in [-0.2, 0) is 0 Å². The molecule has 1 aromatic heterocycles. The highest BCUT2D eigenvalue weighted by atomic mass is 16.1. The van der Waals surface area contributed by atoms with Gasteiger partial charge in [0.2, 0.25) is 0 Å². The van der Waals surface area contributed by atoms with Crippen LogP contribution in [0.15, 0.2) is 36.4 Å². The summed E-state index contributed by atoms with van der Waals surface area (Å²) in [5, 5.41) is 11.3. The third kappa shape index (κ3) is 4.78. The molecule has 1 aliphatic heterocycles. The Balaban J connectivity index is 1.59. The van der Waals surface area contributed by atoms with Gasteiger partial charge in [0, 0.05) is 50.6 Å². The zero-order valence-electron chi connectivity index (χ0n) is 17.1. The van der Waals surface area contributed by atoms with Crippen LogP contribution in [0, 0.1) is 0 Å². The van der Waals surface area contributed by atoms with Crippen molar-refractivity contribution in [3.8, 4) is 0 Å². The number of nitrogens with zero attached hydrogens (tertiary/aromatic N) is 5. The van der Waals surface area contributed by atoms with Crippen LogP contribution in [0.4, 0.5) is 17.2 Å². The molecule has 1 aliphatic rings. The van der Waals surface area contributed by atoms with Crippen LogP contribution in [-0.4, -0.2) is 66.8 Å². The summed E-state index contributed by atoms with van der Waals surface area (Å²) in [6.45, 7) is 13.4. The molecule has 0 radical (unpaired) electrons. The SMILES string of the molecule is CCN1CCN(c2ccc(C(=O)Nc3ccc(N(CC)CC)cc3)nn2)CC1. The number of benzene rings is 1. The summed E-state index contributed by atoms with van der Waals surface area (Å²) in [6, 6.07) is 11.5. The lowest BCUT2D eigenvalue weighted by Gasteiger charge is -2.34. The van der Waals surface area contributed by atoms with E-state index in [2.05, 4.69) is 51.0 Å². The molecule has 0 unspecified atom stereocenters. The molecule has 2 heterocycles. The van der Waals surface area contributed by atoms with E-state index < -0.39 is 0 Å². The highest BCUT2D eigenvalue weighted by Gasteiger charge is 2.18. The van der Waals surface area contributed by atoms with E-state index in [1.807, 2.05) is 30.3 Å². The molecule has 0 aliphatic carbocycles. The Bertz CT molecular complexity index is 749. The lowest BCUT2D eigenvalue weighted by atomic mass is 10.2. The van der Waals surface area contributed by atoms with Crippen LogP contribution in [0.1, 0.15) is 31.3 Å². The lowest BCUT2D eigenvalue weighted by Crippen LogP contribution is -2.46. The van der Waals surface area contributed by atoms with Crippen LogP contribution >= 0.6 is 0 Å². The molecule has 150 valence electrons. The fourth-order valence-electron chi connectivity index (χ4n) is 3.45. The third-order valence-electron chi connectivity index (χ3n) is 5.28. The van der Waals surface area contributed by atoms with E-state index in [9.17, 15) is 4.79 Å². The standard InChI is InChI=1S/C21H30N6O/c1-4-25-13-15-27(16-14-25)20-12-11-19(23-24-20)21(28)22-17-7-9-18(10-8-17)26(5-2)6-3/h7-12H,4-6,13-16H2,1-3H3,(H,22,28). The smallest absolute Gasteiger partial charge is 0.276 e. The number of carbonyl (C=O) groups is 1. The molecule has 1 saturated heterocycles. The van der Waals surface area contributed by atoms with Crippen molar-refractivity contribution in [2.75, 3.05) is 60.9 Å². The number of piperazine rings is 1. The number of carbonyl (C=O) groups excluding carboxylic acids is 1. The van der Waals surface area contributed by atoms with Gasteiger partial charge in [0.1, 0.15) is 0 Å². The van der Waals surface area contributed by atoms with Crippen LogP contribution in [0.25, 0.3) is 0 Å². The van der Waals surface area contributed by atoms with Crippen molar-refractivity contribution >= 4 is 23.1 Å². The van der Waals surface area contributed by atoms with Crippen molar-refractivity contribution in [3.63, 3.8) is 0 Å². The molecular formula is C21H30N6O. The summed E-state index contributed by atoms with van der Waals surface area (Å²) in [7, 11) is 0. The molecule has 1 N–H and O–H groups in total. The van der Waals surface area contributed by atoms with Crippen molar-refractivity contribution in [1.82, 2.24) is 15.1 Å². The van der Waals surface area contributed by atoms with Gasteiger partial charge in [0.25, 0.3) is 5.91 Å². The maximum atomic E-state index is 12.5. The van der Waals surface area contributed by atoms with Gasteiger partial charge in [-0.15, -0.1) is 10.2 Å². The summed E-state index contributed by atoms with van der Waals surface area (Å²) in [5.74, 6) is 0.585. The van der Waals surface area contributed by atoms with Gasteiger partial charge in [0.15, 0.2) is 11.5 Å². The number of aromatic nitrogens is 2. The molecular weight excluding hydrogens is 352 g/mol. The lowest BCUT2D eigenvalue weighted by molar-refractivity contribution is 0.102. The summed E-state index contributed by atoms with van der Waals surface area (Å²) in [4.78, 5) is 19.4. The summed E-state index contributed by atoms with van der Waals surface area (Å²) < 4.78 is 0. The zero-order valence-corrected chi connectivity index (χ0v) is 17.1. The van der Waals surface area contributed by atoms with E-state index in [1.54, 1.807) is 6.07 Å². The Morgan fingerprint density at radius 2 is 1.64 bits per heavy atom. The summed E-state index contributed by atoms with van der Waals surface area (Å²) in [5.41, 5.74) is 2.22. The second-order valence-corrected chi connectivity index (χ2v) is 6.87. The van der Waals surface area contributed by atoms with Gasteiger partial charge < -0.3 is 20.0 Å². The van der Waals surface area contributed by atoms with Crippen molar-refractivity contribution in [2.45, 2.75) is 20.8 Å². The molecule has 7 nitrogen and oxygen atoms in total. The maximum absolute atomic E-state index is 12.5. The number of hydrogen-bond donors (Lipinski definition) is 1. The van der Waals surface area contributed by atoms with E-state index in [1.165, 1.54) is 0 Å². The molecule has 1 fully saturated rings. The number of amides is 1. The van der Waals surface area contributed by atoms with Crippen LogP contribution in [0.2, 0.25) is 0 Å². The van der Waals surface area contributed by atoms with Gasteiger partial charge in [-0.25, -0.2) is 0 Å². The topological polar surface area (TPSA) is 64.6 Å². The predicted molar refractivity (Wildman–Crippen MR) is 114 cm³/mol. The third-order valence-corrected chi connectivity index (χ3v) is 5.28. The zero-order chi connectivity index (χ0) is 19.9. The van der Waals surface area contributed by atoms with Gasteiger partial charge in [-0.1, -0.05) is 6.92 Å². The van der Waals surface area contributed by atoms with Gasteiger partial charge in [0.05, 0.1) is 0 Å². The Morgan fingerprint density at radius 3 is 2.18 bits per heavy atom. The van der Waals surface area contributed by atoms with Gasteiger partial charge in [-0.05, 0) is 56.8 Å².